The van der Waals surface area contributed by atoms with Crippen LogP contribution in [0, 0.1) is 5.92 Å². The van der Waals surface area contributed by atoms with Crippen molar-refractivity contribution in [2.45, 2.75) is 18.9 Å². The van der Waals surface area contributed by atoms with E-state index in [0.717, 1.165) is 31.2 Å². The summed E-state index contributed by atoms with van der Waals surface area (Å²) in [6.07, 6.45) is 3.02. The summed E-state index contributed by atoms with van der Waals surface area (Å²) in [5, 5.41) is 0. The van der Waals surface area contributed by atoms with Crippen LogP contribution in [0.3, 0.4) is 0 Å². The second kappa shape index (κ2) is 7.21. The highest BCUT2D eigenvalue weighted by Crippen LogP contribution is 2.26. The van der Waals surface area contributed by atoms with Gasteiger partial charge in [0.1, 0.15) is 6.04 Å². The third-order valence-corrected chi connectivity index (χ3v) is 4.63. The lowest BCUT2D eigenvalue weighted by molar-refractivity contribution is -0.124. The molecule has 3 N–H and O–H groups in total. The second-order valence-corrected chi connectivity index (χ2v) is 7.67. The van der Waals surface area contributed by atoms with Crippen LogP contribution in [0.5, 0.6) is 0 Å². The Labute approximate surface area is 131 Å². The Morgan fingerprint density at radius 3 is 2.68 bits per heavy atom. The van der Waals surface area contributed by atoms with E-state index in [1.165, 1.54) is 0 Å². The van der Waals surface area contributed by atoms with Crippen LogP contribution < -0.4 is 10.5 Å². The summed E-state index contributed by atoms with van der Waals surface area (Å²) in [7, 11) is -3.19. The molecule has 1 aliphatic heterocycles. The molecule has 2 rings (SSSR count). The van der Waals surface area contributed by atoms with E-state index in [1.54, 1.807) is 0 Å². The van der Waals surface area contributed by atoms with Crippen LogP contribution in [-0.2, 0) is 14.8 Å². The smallest absolute Gasteiger partial charge is 0.239 e. The Morgan fingerprint density at radius 2 is 2.09 bits per heavy atom. The quantitative estimate of drug-likeness (QED) is 0.795. The Bertz CT molecular complexity index is 604. The fourth-order valence-corrected chi connectivity index (χ4v) is 3.50. The van der Waals surface area contributed by atoms with Crippen molar-refractivity contribution in [3.8, 4) is 0 Å². The van der Waals surface area contributed by atoms with E-state index in [0.29, 0.717) is 13.1 Å². The van der Waals surface area contributed by atoms with Crippen LogP contribution in [0.4, 0.5) is 0 Å². The zero-order valence-electron chi connectivity index (χ0n) is 12.7. The summed E-state index contributed by atoms with van der Waals surface area (Å²) in [5.41, 5.74) is 6.48. The first-order chi connectivity index (χ1) is 10.4. The molecular formula is C15H23N3O3S. The number of benzene rings is 1. The molecule has 1 aromatic carbocycles. The third kappa shape index (κ3) is 4.79. The molecule has 7 heteroatoms. The maximum Gasteiger partial charge on any atom is 0.239 e. The molecule has 1 fully saturated rings. The van der Waals surface area contributed by atoms with Crippen molar-refractivity contribution in [3.05, 3.63) is 35.9 Å². The molecule has 122 valence electrons. The minimum absolute atomic E-state index is 0.189. The summed E-state index contributed by atoms with van der Waals surface area (Å²) >= 11 is 0. The largest absolute Gasteiger partial charge is 0.368 e. The van der Waals surface area contributed by atoms with E-state index < -0.39 is 16.1 Å². The number of primary amides is 1. The summed E-state index contributed by atoms with van der Waals surface area (Å²) < 4.78 is 25.0. The predicted molar refractivity (Wildman–Crippen MR) is 85.5 cm³/mol. The van der Waals surface area contributed by atoms with Gasteiger partial charge in [0.2, 0.25) is 15.9 Å². The molecule has 0 aliphatic carbocycles. The first-order valence-corrected chi connectivity index (χ1v) is 9.29. The van der Waals surface area contributed by atoms with Gasteiger partial charge in [-0.05, 0) is 30.9 Å². The van der Waals surface area contributed by atoms with Gasteiger partial charge in [-0.3, -0.25) is 9.69 Å². The number of amides is 1. The lowest BCUT2D eigenvalue weighted by Gasteiger charge is -2.37. The number of carbonyl (C=O) groups is 1. The molecule has 0 spiro atoms. The second-order valence-electron chi connectivity index (χ2n) is 5.84. The normalized spacial score (nSPS) is 21.4. The molecule has 0 saturated carbocycles. The number of hydrogen-bond acceptors (Lipinski definition) is 4. The predicted octanol–water partition coefficient (Wildman–Crippen LogP) is 0.474. The minimum Gasteiger partial charge on any atom is -0.368 e. The van der Waals surface area contributed by atoms with Crippen molar-refractivity contribution in [2.75, 3.05) is 25.9 Å². The average molecular weight is 325 g/mol. The van der Waals surface area contributed by atoms with Crippen LogP contribution in [0.1, 0.15) is 24.4 Å². The number of nitrogens with one attached hydrogen (secondary N) is 1. The highest BCUT2D eigenvalue weighted by atomic mass is 32.2. The maximum atomic E-state index is 11.9. The molecule has 0 bridgehead atoms. The number of rotatable bonds is 6. The molecule has 1 amide bonds. The van der Waals surface area contributed by atoms with Crippen molar-refractivity contribution in [2.24, 2.45) is 11.7 Å². The number of carbonyl (C=O) groups excluding carboxylic acids is 1. The maximum absolute atomic E-state index is 11.9. The van der Waals surface area contributed by atoms with Gasteiger partial charge in [0.05, 0.1) is 6.26 Å². The molecule has 6 nitrogen and oxygen atoms in total. The first kappa shape index (κ1) is 16.9. The lowest BCUT2D eigenvalue weighted by atomic mass is 9.94. The van der Waals surface area contributed by atoms with Gasteiger partial charge >= 0.3 is 0 Å². The number of nitrogens with two attached hydrogens (primary N) is 1. The van der Waals surface area contributed by atoms with Crippen LogP contribution >= 0.6 is 0 Å². The van der Waals surface area contributed by atoms with Crippen LogP contribution in [0.2, 0.25) is 0 Å². The van der Waals surface area contributed by atoms with Gasteiger partial charge < -0.3 is 5.73 Å². The van der Waals surface area contributed by atoms with Gasteiger partial charge in [0.25, 0.3) is 0 Å². The molecule has 1 aliphatic rings. The fraction of sp³-hybridized carbons (Fsp3) is 0.533. The van der Waals surface area contributed by atoms with Gasteiger partial charge in [-0.2, -0.15) is 0 Å². The number of sulfonamides is 1. The number of piperidine rings is 1. The van der Waals surface area contributed by atoms with E-state index in [4.69, 9.17) is 5.73 Å². The average Bonchev–Trinajstić information content (AvgIpc) is 2.46. The molecule has 0 aromatic heterocycles. The van der Waals surface area contributed by atoms with E-state index >= 15 is 0 Å². The highest BCUT2D eigenvalue weighted by Gasteiger charge is 2.30. The number of nitrogens with zero attached hydrogens (tertiary/aromatic N) is 1. The molecular weight excluding hydrogens is 302 g/mol. The van der Waals surface area contributed by atoms with E-state index in [1.807, 2.05) is 30.3 Å². The van der Waals surface area contributed by atoms with Gasteiger partial charge in [0, 0.05) is 13.1 Å². The number of hydrogen-bond donors (Lipinski definition) is 2. The van der Waals surface area contributed by atoms with Crippen molar-refractivity contribution in [1.82, 2.24) is 9.62 Å². The molecule has 2 atom stereocenters. The SMILES string of the molecule is CS(=O)(=O)NC[C@H]1CCCN([C@@H](C(N)=O)c2ccccc2)C1. The Hall–Kier alpha value is -1.44. The van der Waals surface area contributed by atoms with Crippen molar-refractivity contribution >= 4 is 15.9 Å². The molecule has 1 heterocycles. The van der Waals surface area contributed by atoms with Gasteiger partial charge in [0.15, 0.2) is 0 Å². The van der Waals surface area contributed by atoms with E-state index in [2.05, 4.69) is 9.62 Å². The lowest BCUT2D eigenvalue weighted by Crippen LogP contribution is -2.46. The van der Waals surface area contributed by atoms with Crippen molar-refractivity contribution < 1.29 is 13.2 Å². The molecule has 22 heavy (non-hydrogen) atoms. The van der Waals surface area contributed by atoms with Crippen molar-refractivity contribution in [1.29, 1.82) is 0 Å². The Morgan fingerprint density at radius 1 is 1.41 bits per heavy atom. The zero-order valence-corrected chi connectivity index (χ0v) is 13.6. The number of likely N-dealkylation sites (tertiary alicyclic amines) is 1. The van der Waals surface area contributed by atoms with Crippen LogP contribution in [-0.4, -0.2) is 45.1 Å². The van der Waals surface area contributed by atoms with E-state index in [9.17, 15) is 13.2 Å². The Balaban J connectivity index is 2.07. The standard InChI is InChI=1S/C15H23N3O3S/c1-22(20,21)17-10-12-6-5-9-18(11-12)14(15(16)19)13-7-3-2-4-8-13/h2-4,7-8,12,14,17H,5-6,9-11H2,1H3,(H2,16,19)/t12-,14-/m1/s1. The molecule has 0 radical (unpaired) electrons. The third-order valence-electron chi connectivity index (χ3n) is 3.93. The molecule has 0 unspecified atom stereocenters. The summed E-state index contributed by atoms with van der Waals surface area (Å²) in [4.78, 5) is 13.9. The highest BCUT2D eigenvalue weighted by molar-refractivity contribution is 7.88. The van der Waals surface area contributed by atoms with Gasteiger partial charge in [-0.1, -0.05) is 30.3 Å². The van der Waals surface area contributed by atoms with Gasteiger partial charge in [-0.15, -0.1) is 0 Å². The summed E-state index contributed by atoms with van der Waals surface area (Å²) in [6, 6.07) is 9.01. The zero-order chi connectivity index (χ0) is 16.2. The first-order valence-electron chi connectivity index (χ1n) is 7.40. The summed E-state index contributed by atoms with van der Waals surface area (Å²) in [5.74, 6) is -0.183. The van der Waals surface area contributed by atoms with Crippen LogP contribution in [0.15, 0.2) is 30.3 Å². The minimum atomic E-state index is -3.19. The van der Waals surface area contributed by atoms with Crippen molar-refractivity contribution in [3.63, 3.8) is 0 Å². The monoisotopic (exact) mass is 325 g/mol. The van der Waals surface area contributed by atoms with Gasteiger partial charge in [-0.25, -0.2) is 13.1 Å². The van der Waals surface area contributed by atoms with Crippen LogP contribution in [0.25, 0.3) is 0 Å². The topological polar surface area (TPSA) is 92.5 Å². The van der Waals surface area contributed by atoms with E-state index in [-0.39, 0.29) is 11.8 Å². The Kier molecular flexibility index (Phi) is 5.55. The summed E-state index contributed by atoms with van der Waals surface area (Å²) in [6.45, 7) is 1.85. The fourth-order valence-electron chi connectivity index (χ4n) is 2.96. The molecule has 1 saturated heterocycles. The molecule has 1 aromatic rings.